The van der Waals surface area contributed by atoms with Gasteiger partial charge in [-0.25, -0.2) is 0 Å². The third-order valence-corrected chi connectivity index (χ3v) is 10.6. The van der Waals surface area contributed by atoms with Crippen LogP contribution in [0.2, 0.25) is 0 Å². The van der Waals surface area contributed by atoms with Gasteiger partial charge in [-0.2, -0.15) is 0 Å². The Labute approximate surface area is 382 Å². The van der Waals surface area contributed by atoms with Crippen molar-refractivity contribution >= 4 is 17.9 Å². The van der Waals surface area contributed by atoms with E-state index in [4.69, 9.17) is 14.2 Å². The average molecular weight is 863 g/mol. The van der Waals surface area contributed by atoms with E-state index >= 15 is 0 Å². The molecular formula is C56H94O6. The second-order valence-electron chi connectivity index (χ2n) is 16.7. The summed E-state index contributed by atoms with van der Waals surface area (Å²) in [4.78, 5) is 37.9. The van der Waals surface area contributed by atoms with Gasteiger partial charge in [0, 0.05) is 19.3 Å². The first-order valence-electron chi connectivity index (χ1n) is 25.6. The van der Waals surface area contributed by atoms with Gasteiger partial charge < -0.3 is 14.2 Å². The Morgan fingerprint density at radius 1 is 0.339 bits per heavy atom. The Bertz CT molecular complexity index is 1220. The van der Waals surface area contributed by atoms with E-state index in [0.29, 0.717) is 19.3 Å². The second-order valence-corrected chi connectivity index (χ2v) is 16.7. The molecule has 354 valence electrons. The molecule has 0 aliphatic carbocycles. The van der Waals surface area contributed by atoms with Crippen LogP contribution < -0.4 is 0 Å². The molecule has 0 N–H and O–H groups in total. The summed E-state index contributed by atoms with van der Waals surface area (Å²) in [7, 11) is 0. The van der Waals surface area contributed by atoms with E-state index in [0.717, 1.165) is 116 Å². The predicted octanol–water partition coefficient (Wildman–Crippen LogP) is 16.8. The predicted molar refractivity (Wildman–Crippen MR) is 265 cm³/mol. The molecule has 62 heavy (non-hydrogen) atoms. The van der Waals surface area contributed by atoms with Crippen LogP contribution in [0.15, 0.2) is 85.1 Å². The average Bonchev–Trinajstić information content (AvgIpc) is 3.27. The van der Waals surface area contributed by atoms with Crippen LogP contribution in [0.5, 0.6) is 0 Å². The van der Waals surface area contributed by atoms with Gasteiger partial charge in [-0.1, -0.05) is 209 Å². The van der Waals surface area contributed by atoms with Crippen LogP contribution in [0.1, 0.15) is 233 Å². The number of unbranched alkanes of at least 4 members (excludes halogenated alkanes) is 20. The summed E-state index contributed by atoms with van der Waals surface area (Å²) in [6, 6.07) is 0. The van der Waals surface area contributed by atoms with Crippen molar-refractivity contribution in [3.05, 3.63) is 85.1 Å². The van der Waals surface area contributed by atoms with Gasteiger partial charge in [-0.3, -0.25) is 14.4 Å². The number of hydrogen-bond donors (Lipinski definition) is 0. The second kappa shape index (κ2) is 50.2. The highest BCUT2D eigenvalue weighted by Crippen LogP contribution is 2.14. The van der Waals surface area contributed by atoms with E-state index in [-0.39, 0.29) is 31.1 Å². The molecule has 0 rings (SSSR count). The Morgan fingerprint density at radius 2 is 0.661 bits per heavy atom. The summed E-state index contributed by atoms with van der Waals surface area (Å²) >= 11 is 0. The summed E-state index contributed by atoms with van der Waals surface area (Å²) in [5.41, 5.74) is 0. The smallest absolute Gasteiger partial charge is 0.306 e. The van der Waals surface area contributed by atoms with Crippen molar-refractivity contribution in [3.63, 3.8) is 0 Å². The van der Waals surface area contributed by atoms with E-state index in [1.54, 1.807) is 0 Å². The van der Waals surface area contributed by atoms with E-state index < -0.39 is 6.10 Å². The molecule has 0 radical (unpaired) electrons. The van der Waals surface area contributed by atoms with Crippen LogP contribution >= 0.6 is 0 Å². The molecular weight excluding hydrogens is 769 g/mol. The van der Waals surface area contributed by atoms with Crippen molar-refractivity contribution in [1.29, 1.82) is 0 Å². The van der Waals surface area contributed by atoms with Gasteiger partial charge in [0.05, 0.1) is 0 Å². The van der Waals surface area contributed by atoms with E-state index in [9.17, 15) is 14.4 Å². The third-order valence-electron chi connectivity index (χ3n) is 10.6. The zero-order valence-electron chi connectivity index (χ0n) is 40.4. The molecule has 1 atom stereocenters. The molecule has 1 unspecified atom stereocenters. The molecule has 0 aromatic rings. The maximum atomic E-state index is 12.8. The van der Waals surface area contributed by atoms with Gasteiger partial charge in [0.15, 0.2) is 6.10 Å². The third kappa shape index (κ3) is 47.6. The summed E-state index contributed by atoms with van der Waals surface area (Å²) in [6.07, 6.45) is 64.3. The fourth-order valence-electron chi connectivity index (χ4n) is 6.80. The summed E-state index contributed by atoms with van der Waals surface area (Å²) in [6.45, 7) is 6.41. The SMILES string of the molecule is CC/C=C\C/C=C\C/C=C\C/C=C\C/C=C\C/C=C\CCCCC(=O)OCC(COC(=O)CCCCCCC/C=C\CCC)OC(=O)CCCCCCCCCCCCCCC. The van der Waals surface area contributed by atoms with Crippen LogP contribution in [-0.2, 0) is 28.6 Å². The number of ether oxygens (including phenoxy) is 3. The van der Waals surface area contributed by atoms with E-state index in [2.05, 4.69) is 106 Å². The van der Waals surface area contributed by atoms with Gasteiger partial charge in [0.2, 0.25) is 0 Å². The van der Waals surface area contributed by atoms with Crippen LogP contribution in [0.4, 0.5) is 0 Å². The highest BCUT2D eigenvalue weighted by Gasteiger charge is 2.19. The van der Waals surface area contributed by atoms with Crippen molar-refractivity contribution in [2.24, 2.45) is 0 Å². The first-order chi connectivity index (χ1) is 30.5. The lowest BCUT2D eigenvalue weighted by Crippen LogP contribution is -2.30. The number of carbonyl (C=O) groups is 3. The minimum absolute atomic E-state index is 0.0940. The Kier molecular flexibility index (Phi) is 47.5. The molecule has 0 spiro atoms. The van der Waals surface area contributed by atoms with Crippen LogP contribution in [0.3, 0.4) is 0 Å². The fraction of sp³-hybridized carbons (Fsp3) is 0.696. The van der Waals surface area contributed by atoms with Gasteiger partial charge in [0.25, 0.3) is 0 Å². The summed E-state index contributed by atoms with van der Waals surface area (Å²) < 4.78 is 16.7. The van der Waals surface area contributed by atoms with Crippen molar-refractivity contribution in [3.8, 4) is 0 Å². The topological polar surface area (TPSA) is 78.9 Å². The molecule has 0 aliphatic heterocycles. The fourth-order valence-corrected chi connectivity index (χ4v) is 6.80. The zero-order chi connectivity index (χ0) is 45.1. The van der Waals surface area contributed by atoms with Crippen molar-refractivity contribution in [2.75, 3.05) is 13.2 Å². The minimum Gasteiger partial charge on any atom is -0.462 e. The highest BCUT2D eigenvalue weighted by molar-refractivity contribution is 5.71. The Hall–Kier alpha value is -3.41. The highest BCUT2D eigenvalue weighted by atomic mass is 16.6. The van der Waals surface area contributed by atoms with Crippen molar-refractivity contribution in [2.45, 2.75) is 239 Å². The summed E-state index contributed by atoms with van der Waals surface area (Å²) in [5.74, 6) is -0.950. The summed E-state index contributed by atoms with van der Waals surface area (Å²) in [5, 5.41) is 0. The molecule has 0 bridgehead atoms. The first kappa shape index (κ1) is 58.6. The molecule has 0 saturated carbocycles. The Balaban J connectivity index is 4.41. The van der Waals surface area contributed by atoms with Gasteiger partial charge in [-0.05, 0) is 89.9 Å². The van der Waals surface area contributed by atoms with Crippen molar-refractivity contribution < 1.29 is 28.6 Å². The molecule has 0 aliphatic rings. The van der Waals surface area contributed by atoms with Gasteiger partial charge in [0.1, 0.15) is 13.2 Å². The van der Waals surface area contributed by atoms with Crippen molar-refractivity contribution in [1.82, 2.24) is 0 Å². The maximum Gasteiger partial charge on any atom is 0.306 e. The number of allylic oxidation sites excluding steroid dienone is 14. The molecule has 0 aromatic carbocycles. The maximum absolute atomic E-state index is 12.8. The number of rotatable bonds is 45. The normalized spacial score (nSPS) is 12.8. The van der Waals surface area contributed by atoms with Crippen LogP contribution in [0.25, 0.3) is 0 Å². The standard InChI is InChI=1S/C56H94O6/c1-4-7-10-13-16-19-22-24-25-26-27-28-29-30-31-33-34-37-40-43-46-49-55(58)61-52-53(51-60-54(57)48-45-42-39-36-21-18-15-12-9-6-3)62-56(59)50-47-44-41-38-35-32-23-20-17-14-11-8-5-2/h7,10,12,15-16,19,24-25,27-28,30-31,34,37,53H,4-6,8-9,11,13-14,17-18,20-23,26,29,32-33,35-36,38-52H2,1-3H3/b10-7-,15-12-,19-16-,25-24-,28-27-,31-30-,37-34-. The molecule has 0 amide bonds. The lowest BCUT2D eigenvalue weighted by molar-refractivity contribution is -0.167. The molecule has 0 heterocycles. The van der Waals surface area contributed by atoms with E-state index in [1.807, 2.05) is 0 Å². The molecule has 0 saturated heterocycles. The molecule has 0 aromatic heterocycles. The Morgan fingerprint density at radius 3 is 1.10 bits per heavy atom. The monoisotopic (exact) mass is 863 g/mol. The number of hydrogen-bond acceptors (Lipinski definition) is 6. The number of esters is 3. The lowest BCUT2D eigenvalue weighted by atomic mass is 10.0. The zero-order valence-corrected chi connectivity index (χ0v) is 40.4. The van der Waals surface area contributed by atoms with Crippen LogP contribution in [0, 0.1) is 0 Å². The quantitative estimate of drug-likeness (QED) is 0.0263. The largest absolute Gasteiger partial charge is 0.462 e. The van der Waals surface area contributed by atoms with Gasteiger partial charge >= 0.3 is 17.9 Å². The number of carbonyl (C=O) groups excluding carboxylic acids is 3. The first-order valence-corrected chi connectivity index (χ1v) is 25.6. The molecule has 6 heteroatoms. The van der Waals surface area contributed by atoms with Gasteiger partial charge in [-0.15, -0.1) is 0 Å². The molecule has 0 fully saturated rings. The minimum atomic E-state index is -0.794. The lowest BCUT2D eigenvalue weighted by Gasteiger charge is -2.18. The van der Waals surface area contributed by atoms with E-state index in [1.165, 1.54) is 77.0 Å². The molecule has 6 nitrogen and oxygen atoms in total. The van der Waals surface area contributed by atoms with Crippen LogP contribution in [-0.4, -0.2) is 37.2 Å².